The van der Waals surface area contributed by atoms with Crippen LogP contribution in [-0.2, 0) is 9.53 Å². The molecule has 0 rings (SSSR count). The molecular weight excluding hydrogens is 464 g/mol. The lowest BCUT2D eigenvalue weighted by Gasteiger charge is -2.06. The van der Waals surface area contributed by atoms with Crippen LogP contribution < -0.4 is 0 Å². The van der Waals surface area contributed by atoms with Gasteiger partial charge in [0.2, 0.25) is 0 Å². The number of carbonyl (C=O) groups excluding carboxylic acids is 1. The lowest BCUT2D eigenvalue weighted by Crippen LogP contribution is -2.05. The molecule has 0 heterocycles. The third-order valence-electron chi connectivity index (χ3n) is 7.83. The maximum atomic E-state index is 11.9. The standard InChI is InChI=1S/C36H70O2/c1-4-5-6-7-8-9-10-11-12-13-16-19-22-25-28-31-34-38-36(37)33-30-27-24-21-18-15-14-17-20-23-26-29-32-35(2)3/h11-12,35H,4-10,13-34H2,1-3H3. The average Bonchev–Trinajstić information content (AvgIpc) is 2.90. The van der Waals surface area contributed by atoms with E-state index in [9.17, 15) is 4.79 Å². The molecule has 0 aliphatic carbocycles. The number of rotatable bonds is 31. The van der Waals surface area contributed by atoms with E-state index >= 15 is 0 Å². The van der Waals surface area contributed by atoms with E-state index in [4.69, 9.17) is 4.74 Å². The molecule has 0 unspecified atom stereocenters. The lowest BCUT2D eigenvalue weighted by atomic mass is 10.0. The largest absolute Gasteiger partial charge is 0.466 e. The van der Waals surface area contributed by atoms with Crippen molar-refractivity contribution in [3.05, 3.63) is 12.2 Å². The Labute approximate surface area is 240 Å². The Kier molecular flexibility index (Phi) is 31.7. The predicted octanol–water partition coefficient (Wildman–Crippen LogP) is 12.7. The van der Waals surface area contributed by atoms with Gasteiger partial charge in [-0.15, -0.1) is 0 Å². The van der Waals surface area contributed by atoms with E-state index < -0.39 is 0 Å². The fraction of sp³-hybridized carbons (Fsp3) is 0.917. The fourth-order valence-electron chi connectivity index (χ4n) is 5.20. The first-order valence-corrected chi connectivity index (χ1v) is 17.5. The second-order valence-electron chi connectivity index (χ2n) is 12.3. The Hall–Kier alpha value is -0.790. The summed E-state index contributed by atoms with van der Waals surface area (Å²) >= 11 is 0. The summed E-state index contributed by atoms with van der Waals surface area (Å²) in [5.41, 5.74) is 0. The van der Waals surface area contributed by atoms with E-state index in [1.54, 1.807) is 0 Å². The van der Waals surface area contributed by atoms with Gasteiger partial charge in [-0.3, -0.25) is 4.79 Å². The van der Waals surface area contributed by atoms with Gasteiger partial charge in [-0.2, -0.15) is 0 Å². The Morgan fingerprint density at radius 2 is 0.921 bits per heavy atom. The molecule has 38 heavy (non-hydrogen) atoms. The Bertz CT molecular complexity index is 482. The van der Waals surface area contributed by atoms with Crippen molar-refractivity contribution in [3.63, 3.8) is 0 Å². The third-order valence-corrected chi connectivity index (χ3v) is 7.83. The van der Waals surface area contributed by atoms with E-state index in [2.05, 4.69) is 32.9 Å². The summed E-state index contributed by atoms with van der Waals surface area (Å²) in [5.74, 6) is 0.888. The van der Waals surface area contributed by atoms with E-state index in [0.717, 1.165) is 18.8 Å². The lowest BCUT2D eigenvalue weighted by molar-refractivity contribution is -0.143. The van der Waals surface area contributed by atoms with Gasteiger partial charge in [0.1, 0.15) is 0 Å². The summed E-state index contributed by atoms with van der Waals surface area (Å²) in [6.07, 6.45) is 41.2. The molecule has 0 aliphatic rings. The highest BCUT2D eigenvalue weighted by Gasteiger charge is 2.02. The van der Waals surface area contributed by atoms with Crippen LogP contribution in [0.15, 0.2) is 12.2 Å². The van der Waals surface area contributed by atoms with Crippen LogP contribution >= 0.6 is 0 Å². The van der Waals surface area contributed by atoms with Crippen LogP contribution in [0.25, 0.3) is 0 Å². The van der Waals surface area contributed by atoms with Crippen LogP contribution in [0.5, 0.6) is 0 Å². The first-order chi connectivity index (χ1) is 18.7. The van der Waals surface area contributed by atoms with Gasteiger partial charge >= 0.3 is 5.97 Å². The number of allylic oxidation sites excluding steroid dienone is 2. The molecule has 0 aliphatic heterocycles. The summed E-state index contributed by atoms with van der Waals surface area (Å²) in [6.45, 7) is 7.56. The highest BCUT2D eigenvalue weighted by molar-refractivity contribution is 5.69. The number of ether oxygens (including phenoxy) is 1. The first-order valence-electron chi connectivity index (χ1n) is 17.5. The Morgan fingerprint density at radius 1 is 0.526 bits per heavy atom. The molecule has 0 aromatic rings. The smallest absolute Gasteiger partial charge is 0.305 e. The molecule has 0 N–H and O–H groups in total. The normalized spacial score (nSPS) is 11.7. The van der Waals surface area contributed by atoms with Gasteiger partial charge in [0, 0.05) is 6.42 Å². The van der Waals surface area contributed by atoms with Gasteiger partial charge in [0.05, 0.1) is 6.61 Å². The molecule has 0 fully saturated rings. The maximum Gasteiger partial charge on any atom is 0.305 e. The summed E-state index contributed by atoms with van der Waals surface area (Å²) in [6, 6.07) is 0. The van der Waals surface area contributed by atoms with Crippen LogP contribution in [-0.4, -0.2) is 12.6 Å². The molecule has 2 nitrogen and oxygen atoms in total. The molecule has 0 amide bonds. The first kappa shape index (κ1) is 37.2. The van der Waals surface area contributed by atoms with Crippen molar-refractivity contribution < 1.29 is 9.53 Å². The molecule has 0 saturated heterocycles. The maximum absolute atomic E-state index is 11.9. The highest BCUT2D eigenvalue weighted by Crippen LogP contribution is 2.15. The van der Waals surface area contributed by atoms with Crippen LogP contribution in [0, 0.1) is 5.92 Å². The van der Waals surface area contributed by atoms with Crippen molar-refractivity contribution in [3.8, 4) is 0 Å². The van der Waals surface area contributed by atoms with Crippen molar-refractivity contribution in [1.29, 1.82) is 0 Å². The molecule has 0 saturated carbocycles. The zero-order valence-corrected chi connectivity index (χ0v) is 26.6. The van der Waals surface area contributed by atoms with E-state index in [-0.39, 0.29) is 5.97 Å². The minimum Gasteiger partial charge on any atom is -0.466 e. The molecule has 0 aromatic carbocycles. The van der Waals surface area contributed by atoms with Crippen molar-refractivity contribution in [2.24, 2.45) is 5.92 Å². The summed E-state index contributed by atoms with van der Waals surface area (Å²) in [4.78, 5) is 11.9. The van der Waals surface area contributed by atoms with E-state index in [0.29, 0.717) is 13.0 Å². The molecular formula is C36H70O2. The summed E-state index contributed by atoms with van der Waals surface area (Å²) in [5, 5.41) is 0. The van der Waals surface area contributed by atoms with Crippen LogP contribution in [0.1, 0.15) is 201 Å². The number of carbonyl (C=O) groups is 1. The van der Waals surface area contributed by atoms with Gasteiger partial charge < -0.3 is 4.74 Å². The van der Waals surface area contributed by atoms with Crippen molar-refractivity contribution >= 4 is 5.97 Å². The van der Waals surface area contributed by atoms with Gasteiger partial charge in [-0.25, -0.2) is 0 Å². The van der Waals surface area contributed by atoms with E-state index in [1.807, 2.05) is 0 Å². The third kappa shape index (κ3) is 33.2. The Balaban J connectivity index is 3.19. The van der Waals surface area contributed by atoms with Crippen LogP contribution in [0.3, 0.4) is 0 Å². The minimum atomic E-state index is 0.0196. The SMILES string of the molecule is CCCCCCCCC=CCCCCCCCCOC(=O)CCCCCCCCCCCCCCC(C)C. The van der Waals surface area contributed by atoms with Gasteiger partial charge in [-0.1, -0.05) is 168 Å². The van der Waals surface area contributed by atoms with Crippen molar-refractivity contribution in [2.45, 2.75) is 201 Å². The molecule has 0 bridgehead atoms. The molecule has 0 radical (unpaired) electrons. The monoisotopic (exact) mass is 535 g/mol. The van der Waals surface area contributed by atoms with Gasteiger partial charge in [0.15, 0.2) is 0 Å². The van der Waals surface area contributed by atoms with Crippen LogP contribution in [0.4, 0.5) is 0 Å². The minimum absolute atomic E-state index is 0.0196. The number of unbranched alkanes of at least 4 members (excludes halogenated alkanes) is 23. The quantitative estimate of drug-likeness (QED) is 0.0502. The average molecular weight is 535 g/mol. The molecule has 0 atom stereocenters. The highest BCUT2D eigenvalue weighted by atomic mass is 16.5. The second kappa shape index (κ2) is 32.4. The van der Waals surface area contributed by atoms with Gasteiger partial charge in [-0.05, 0) is 44.4 Å². The molecule has 226 valence electrons. The number of hydrogen-bond donors (Lipinski definition) is 0. The Morgan fingerprint density at radius 3 is 1.39 bits per heavy atom. The number of esters is 1. The van der Waals surface area contributed by atoms with E-state index in [1.165, 1.54) is 161 Å². The van der Waals surface area contributed by atoms with Crippen molar-refractivity contribution in [2.75, 3.05) is 6.61 Å². The number of hydrogen-bond acceptors (Lipinski definition) is 2. The zero-order chi connectivity index (χ0) is 27.8. The molecule has 0 spiro atoms. The molecule has 0 aromatic heterocycles. The fourth-order valence-corrected chi connectivity index (χ4v) is 5.20. The van der Waals surface area contributed by atoms with Crippen molar-refractivity contribution in [1.82, 2.24) is 0 Å². The second-order valence-corrected chi connectivity index (χ2v) is 12.3. The van der Waals surface area contributed by atoms with Crippen LogP contribution in [0.2, 0.25) is 0 Å². The predicted molar refractivity (Wildman–Crippen MR) is 170 cm³/mol. The molecule has 2 heteroatoms. The topological polar surface area (TPSA) is 26.3 Å². The van der Waals surface area contributed by atoms with Gasteiger partial charge in [0.25, 0.3) is 0 Å². The summed E-state index contributed by atoms with van der Waals surface area (Å²) < 4.78 is 5.43. The summed E-state index contributed by atoms with van der Waals surface area (Å²) in [7, 11) is 0. The zero-order valence-electron chi connectivity index (χ0n) is 26.6.